The van der Waals surface area contributed by atoms with Crippen molar-refractivity contribution in [3.63, 3.8) is 0 Å². The first-order chi connectivity index (χ1) is 15.1. The van der Waals surface area contributed by atoms with Crippen molar-refractivity contribution in [3.05, 3.63) is 35.9 Å². The van der Waals surface area contributed by atoms with Crippen LogP contribution in [-0.2, 0) is 6.54 Å². The average Bonchev–Trinajstić information content (AvgIpc) is 3.10. The number of aryl methyl sites for hydroxylation is 2. The molecule has 0 atom stereocenters. The Balaban J connectivity index is 1.85. The maximum Gasteiger partial charge on any atom is 0.166 e. The van der Waals surface area contributed by atoms with E-state index in [4.69, 9.17) is 15.2 Å². The number of fused-ring (bicyclic) bond motifs is 1. The Morgan fingerprint density at radius 1 is 1.03 bits per heavy atom. The second-order valence-corrected chi connectivity index (χ2v) is 7.45. The summed E-state index contributed by atoms with van der Waals surface area (Å²) in [6.07, 6.45) is 1.74. The molecule has 9 heteroatoms. The van der Waals surface area contributed by atoms with Gasteiger partial charge in [-0.25, -0.2) is 19.3 Å². The normalized spacial score (nSPS) is 11.5. The molecule has 0 saturated heterocycles. The van der Waals surface area contributed by atoms with Crippen LogP contribution < -0.4 is 5.32 Å². The molecule has 0 spiro atoms. The van der Waals surface area contributed by atoms with Gasteiger partial charge < -0.3 is 20.1 Å². The molecule has 2 aromatic heterocycles. The summed E-state index contributed by atoms with van der Waals surface area (Å²) in [6.45, 7) is 7.35. The Hall–Kier alpha value is -2.62. The minimum absolute atomic E-state index is 0.0696. The average molecular weight is 431 g/mol. The molecule has 3 aromatic rings. The van der Waals surface area contributed by atoms with E-state index in [1.54, 1.807) is 12.1 Å². The first kappa shape index (κ1) is 23.1. The molecule has 0 fully saturated rings. The Labute approximate surface area is 181 Å². The lowest BCUT2D eigenvalue weighted by molar-refractivity contribution is 0.161. The first-order valence-corrected chi connectivity index (χ1v) is 10.8. The molecule has 2 heterocycles. The monoisotopic (exact) mass is 430 g/mol. The number of aliphatic hydroxyl groups is 2. The summed E-state index contributed by atoms with van der Waals surface area (Å²) < 4.78 is 15.5. The van der Waals surface area contributed by atoms with Gasteiger partial charge in [-0.1, -0.05) is 6.92 Å². The third-order valence-electron chi connectivity index (χ3n) is 5.03. The third kappa shape index (κ3) is 5.75. The fourth-order valence-corrected chi connectivity index (χ4v) is 3.62. The van der Waals surface area contributed by atoms with Crippen molar-refractivity contribution in [2.45, 2.75) is 33.2 Å². The van der Waals surface area contributed by atoms with Crippen molar-refractivity contribution >= 4 is 17.0 Å². The van der Waals surface area contributed by atoms with Gasteiger partial charge in [0.1, 0.15) is 17.5 Å². The quantitative estimate of drug-likeness (QED) is 0.380. The van der Waals surface area contributed by atoms with Crippen molar-refractivity contribution in [2.24, 2.45) is 0 Å². The largest absolute Gasteiger partial charge is 0.395 e. The van der Waals surface area contributed by atoms with Crippen LogP contribution in [0.25, 0.3) is 22.6 Å². The summed E-state index contributed by atoms with van der Waals surface area (Å²) in [5.74, 6) is 1.80. The first-order valence-electron chi connectivity index (χ1n) is 10.8. The number of halogens is 1. The number of nitrogens with one attached hydrogen (secondary N) is 1. The summed E-state index contributed by atoms with van der Waals surface area (Å²) in [5.41, 5.74) is 2.29. The van der Waals surface area contributed by atoms with Gasteiger partial charge in [0.25, 0.3) is 0 Å². The second kappa shape index (κ2) is 11.1. The van der Waals surface area contributed by atoms with Gasteiger partial charge in [0.2, 0.25) is 0 Å². The highest BCUT2D eigenvalue weighted by Crippen LogP contribution is 2.28. The summed E-state index contributed by atoms with van der Waals surface area (Å²) >= 11 is 0. The van der Waals surface area contributed by atoms with Crippen LogP contribution in [0.1, 0.15) is 25.6 Å². The smallest absolute Gasteiger partial charge is 0.166 e. The molecule has 3 N–H and O–H groups in total. The van der Waals surface area contributed by atoms with E-state index in [1.165, 1.54) is 12.1 Å². The molecule has 1 aromatic carbocycles. The second-order valence-electron chi connectivity index (χ2n) is 7.45. The zero-order valence-electron chi connectivity index (χ0n) is 18.2. The molecule has 0 amide bonds. The Morgan fingerprint density at radius 2 is 1.74 bits per heavy atom. The Kier molecular flexibility index (Phi) is 8.27. The van der Waals surface area contributed by atoms with Gasteiger partial charge in [-0.15, -0.1) is 0 Å². The summed E-state index contributed by atoms with van der Waals surface area (Å²) in [5, 5.41) is 21.7. The molecule has 0 unspecified atom stereocenters. The lowest BCUT2D eigenvalue weighted by atomic mass is 10.2. The van der Waals surface area contributed by atoms with E-state index in [0.29, 0.717) is 36.8 Å². The number of aliphatic hydroxyl groups excluding tert-OH is 2. The highest BCUT2D eigenvalue weighted by Gasteiger charge is 2.18. The van der Waals surface area contributed by atoms with E-state index in [2.05, 4.69) is 26.8 Å². The van der Waals surface area contributed by atoms with Crippen molar-refractivity contribution in [3.8, 4) is 11.4 Å². The zero-order valence-corrected chi connectivity index (χ0v) is 18.2. The Bertz CT molecular complexity index is 970. The maximum absolute atomic E-state index is 13.4. The number of nitrogens with zero attached hydrogens (tertiary/aromatic N) is 5. The van der Waals surface area contributed by atoms with Crippen LogP contribution in [0.4, 0.5) is 10.2 Å². The maximum atomic E-state index is 13.4. The van der Waals surface area contributed by atoms with Crippen molar-refractivity contribution in [1.82, 2.24) is 24.4 Å². The van der Waals surface area contributed by atoms with Crippen LogP contribution in [-0.4, -0.2) is 74.0 Å². The van der Waals surface area contributed by atoms with Crippen LogP contribution in [0, 0.1) is 12.7 Å². The van der Waals surface area contributed by atoms with Gasteiger partial charge in [0.05, 0.1) is 13.2 Å². The number of imidazole rings is 1. The van der Waals surface area contributed by atoms with Gasteiger partial charge in [-0.05, 0) is 50.6 Å². The van der Waals surface area contributed by atoms with Gasteiger partial charge in [-0.3, -0.25) is 4.90 Å². The van der Waals surface area contributed by atoms with Gasteiger partial charge in [0, 0.05) is 31.7 Å². The lowest BCUT2D eigenvalue weighted by Gasteiger charge is -2.20. The molecule has 0 aliphatic heterocycles. The molecule has 8 nitrogen and oxygen atoms in total. The van der Waals surface area contributed by atoms with Crippen LogP contribution in [0.3, 0.4) is 0 Å². The van der Waals surface area contributed by atoms with Gasteiger partial charge in [0.15, 0.2) is 17.0 Å². The third-order valence-corrected chi connectivity index (χ3v) is 5.03. The fraction of sp³-hybridized carbons (Fsp3) is 0.500. The predicted octanol–water partition coefficient (Wildman–Crippen LogP) is 2.44. The van der Waals surface area contributed by atoms with Gasteiger partial charge in [-0.2, -0.15) is 0 Å². The number of hydrogen-bond donors (Lipinski definition) is 3. The predicted molar refractivity (Wildman–Crippen MR) is 119 cm³/mol. The van der Waals surface area contributed by atoms with E-state index in [0.717, 1.165) is 43.0 Å². The summed E-state index contributed by atoms with van der Waals surface area (Å²) in [4.78, 5) is 16.0. The summed E-state index contributed by atoms with van der Waals surface area (Å²) in [6, 6.07) is 6.33. The molecular formula is C22H31FN6O2. The molecular weight excluding hydrogens is 399 g/mol. The summed E-state index contributed by atoms with van der Waals surface area (Å²) in [7, 11) is 0. The van der Waals surface area contributed by atoms with E-state index in [1.807, 2.05) is 11.8 Å². The van der Waals surface area contributed by atoms with Crippen molar-refractivity contribution in [1.29, 1.82) is 0 Å². The molecule has 0 aliphatic rings. The van der Waals surface area contributed by atoms with Crippen LogP contribution in [0.2, 0.25) is 0 Å². The highest BCUT2D eigenvalue weighted by molar-refractivity contribution is 5.86. The van der Waals surface area contributed by atoms with E-state index < -0.39 is 0 Å². The highest BCUT2D eigenvalue weighted by atomic mass is 19.1. The number of anilines is 1. The SMILES string of the molecule is CCCn1c(-c2ccc(F)cc2)nc2c(NCCCN(CCO)CCO)nc(C)nc21. The van der Waals surface area contributed by atoms with Crippen molar-refractivity contribution in [2.75, 3.05) is 44.7 Å². The minimum atomic E-state index is -0.281. The molecule has 168 valence electrons. The van der Waals surface area contributed by atoms with Crippen molar-refractivity contribution < 1.29 is 14.6 Å². The fourth-order valence-electron chi connectivity index (χ4n) is 3.62. The van der Waals surface area contributed by atoms with Crippen LogP contribution in [0.15, 0.2) is 24.3 Å². The minimum Gasteiger partial charge on any atom is -0.395 e. The van der Waals surface area contributed by atoms with E-state index in [-0.39, 0.29) is 19.0 Å². The molecule has 3 rings (SSSR count). The molecule has 0 aliphatic carbocycles. The Morgan fingerprint density at radius 3 is 2.39 bits per heavy atom. The lowest BCUT2D eigenvalue weighted by Crippen LogP contribution is -2.31. The standard InChI is InChI=1S/C22H31FN6O2/c1-3-10-29-21(17-5-7-18(23)8-6-17)27-19-20(25-16(2)26-22(19)29)24-9-4-11-28(12-14-30)13-15-31/h5-8,30-31H,3-4,9-15H2,1-2H3,(H,24,25,26). The number of hydrogen-bond acceptors (Lipinski definition) is 7. The number of aromatic nitrogens is 4. The molecule has 0 bridgehead atoms. The molecule has 31 heavy (non-hydrogen) atoms. The molecule has 0 saturated carbocycles. The van der Waals surface area contributed by atoms with E-state index >= 15 is 0 Å². The van der Waals surface area contributed by atoms with Gasteiger partial charge >= 0.3 is 0 Å². The van der Waals surface area contributed by atoms with Crippen LogP contribution in [0.5, 0.6) is 0 Å². The van der Waals surface area contributed by atoms with Crippen LogP contribution >= 0.6 is 0 Å². The number of rotatable bonds is 12. The topological polar surface area (TPSA) is 99.3 Å². The number of benzene rings is 1. The van der Waals surface area contributed by atoms with E-state index in [9.17, 15) is 4.39 Å². The molecule has 0 radical (unpaired) electrons. The zero-order chi connectivity index (χ0) is 22.2.